The van der Waals surface area contributed by atoms with Crippen LogP contribution in [-0.2, 0) is 0 Å². The van der Waals surface area contributed by atoms with Crippen LogP contribution in [0.3, 0.4) is 0 Å². The van der Waals surface area contributed by atoms with Crippen molar-refractivity contribution in [2.24, 2.45) is 0 Å². The zero-order valence-corrected chi connectivity index (χ0v) is 15.5. The molecular formula is C24H14ClFN2. The Labute approximate surface area is 166 Å². The van der Waals surface area contributed by atoms with E-state index in [1.807, 2.05) is 60.9 Å². The Hall–Kier alpha value is -3.30. The Morgan fingerprint density at radius 2 is 1.50 bits per heavy atom. The van der Waals surface area contributed by atoms with Crippen LogP contribution in [0, 0.1) is 5.82 Å². The quantitative estimate of drug-likeness (QED) is 0.330. The van der Waals surface area contributed by atoms with Gasteiger partial charge in [0.2, 0.25) is 0 Å². The Balaban J connectivity index is 1.87. The maximum atomic E-state index is 14.5. The van der Waals surface area contributed by atoms with Crippen LogP contribution in [0.2, 0.25) is 5.02 Å². The van der Waals surface area contributed by atoms with Crippen LogP contribution in [0.25, 0.3) is 44.1 Å². The van der Waals surface area contributed by atoms with Crippen molar-refractivity contribution in [1.29, 1.82) is 0 Å². The fourth-order valence-electron chi connectivity index (χ4n) is 3.56. The molecule has 3 aromatic carbocycles. The van der Waals surface area contributed by atoms with Crippen molar-refractivity contribution in [3.05, 3.63) is 96.0 Å². The predicted octanol–water partition coefficient (Wildman–Crippen LogP) is 6.91. The summed E-state index contributed by atoms with van der Waals surface area (Å²) in [6.07, 6.45) is 3.70. The first kappa shape index (κ1) is 16.8. The van der Waals surface area contributed by atoms with Gasteiger partial charge in [-0.05, 0) is 41.3 Å². The van der Waals surface area contributed by atoms with Gasteiger partial charge in [0.15, 0.2) is 0 Å². The van der Waals surface area contributed by atoms with E-state index in [9.17, 15) is 4.39 Å². The molecule has 0 spiro atoms. The van der Waals surface area contributed by atoms with Gasteiger partial charge >= 0.3 is 0 Å². The van der Waals surface area contributed by atoms with E-state index in [-0.39, 0.29) is 5.82 Å². The number of fused-ring (bicyclic) bond motifs is 2. The van der Waals surface area contributed by atoms with E-state index in [4.69, 9.17) is 16.6 Å². The van der Waals surface area contributed by atoms with Gasteiger partial charge < -0.3 is 0 Å². The molecule has 0 unspecified atom stereocenters. The molecule has 2 aromatic heterocycles. The molecule has 2 heterocycles. The normalized spacial score (nSPS) is 11.2. The summed E-state index contributed by atoms with van der Waals surface area (Å²) >= 11 is 6.12. The molecule has 28 heavy (non-hydrogen) atoms. The molecule has 2 nitrogen and oxygen atoms in total. The van der Waals surface area contributed by atoms with Gasteiger partial charge in [-0.2, -0.15) is 0 Å². The smallest absolute Gasteiger partial charge is 0.132 e. The van der Waals surface area contributed by atoms with E-state index in [1.165, 1.54) is 12.1 Å². The SMILES string of the molecule is Fc1ccc(Cl)cc1-c1cc(-c2cncc3ccccc23)c2ccccc2n1. The fourth-order valence-corrected chi connectivity index (χ4v) is 3.73. The third kappa shape index (κ3) is 2.81. The Morgan fingerprint density at radius 3 is 2.39 bits per heavy atom. The summed E-state index contributed by atoms with van der Waals surface area (Å²) in [5.41, 5.74) is 3.67. The van der Waals surface area contributed by atoms with Gasteiger partial charge in [0.05, 0.1) is 11.2 Å². The standard InChI is InChI=1S/C24H14ClFN2/c25-16-9-10-22(26)20(11-16)24-12-19(18-7-3-4-8-23(18)28-24)21-14-27-13-15-5-1-2-6-17(15)21/h1-14H. The van der Waals surface area contributed by atoms with Crippen molar-refractivity contribution >= 4 is 33.3 Å². The van der Waals surface area contributed by atoms with E-state index in [1.54, 1.807) is 6.07 Å². The van der Waals surface area contributed by atoms with Crippen LogP contribution in [0.4, 0.5) is 4.39 Å². The average Bonchev–Trinajstić information content (AvgIpc) is 2.74. The fraction of sp³-hybridized carbons (Fsp3) is 0. The van der Waals surface area contributed by atoms with Gasteiger partial charge in [-0.25, -0.2) is 9.37 Å². The third-order valence-corrected chi connectivity index (χ3v) is 5.11. The lowest BCUT2D eigenvalue weighted by atomic mass is 9.96. The molecule has 0 aliphatic carbocycles. The molecule has 0 aliphatic rings. The number of halogens is 2. The molecule has 4 heteroatoms. The number of hydrogen-bond donors (Lipinski definition) is 0. The first-order chi connectivity index (χ1) is 13.7. The van der Waals surface area contributed by atoms with Crippen molar-refractivity contribution in [3.63, 3.8) is 0 Å². The Bertz CT molecular complexity index is 1340. The first-order valence-electron chi connectivity index (χ1n) is 8.89. The Kier molecular flexibility index (Phi) is 4.03. The maximum absolute atomic E-state index is 14.5. The molecule has 0 bridgehead atoms. The van der Waals surface area contributed by atoms with E-state index < -0.39 is 0 Å². The molecule has 0 radical (unpaired) electrons. The maximum Gasteiger partial charge on any atom is 0.132 e. The molecule has 0 saturated heterocycles. The highest BCUT2D eigenvalue weighted by atomic mass is 35.5. The number of aromatic nitrogens is 2. The molecule has 0 atom stereocenters. The number of rotatable bonds is 2. The van der Waals surface area contributed by atoms with Gasteiger partial charge in [-0.1, -0.05) is 54.1 Å². The van der Waals surface area contributed by atoms with Gasteiger partial charge in [-0.3, -0.25) is 4.98 Å². The first-order valence-corrected chi connectivity index (χ1v) is 9.27. The molecule has 0 fully saturated rings. The molecule has 0 aliphatic heterocycles. The minimum Gasteiger partial charge on any atom is -0.263 e. The number of nitrogens with zero attached hydrogens (tertiary/aromatic N) is 2. The topological polar surface area (TPSA) is 25.8 Å². The lowest BCUT2D eigenvalue weighted by Gasteiger charge is -2.13. The van der Waals surface area contributed by atoms with Crippen molar-refractivity contribution in [2.75, 3.05) is 0 Å². The van der Waals surface area contributed by atoms with Crippen molar-refractivity contribution in [2.45, 2.75) is 0 Å². The average molecular weight is 385 g/mol. The summed E-state index contributed by atoms with van der Waals surface area (Å²) in [6, 6.07) is 22.4. The van der Waals surface area contributed by atoms with E-state index in [2.05, 4.69) is 11.1 Å². The number of para-hydroxylation sites is 1. The minimum atomic E-state index is -0.353. The monoisotopic (exact) mass is 384 g/mol. The van der Waals surface area contributed by atoms with Crippen LogP contribution in [0.1, 0.15) is 0 Å². The number of hydrogen-bond acceptors (Lipinski definition) is 2. The highest BCUT2D eigenvalue weighted by Crippen LogP contribution is 2.36. The summed E-state index contributed by atoms with van der Waals surface area (Å²) in [4.78, 5) is 9.11. The predicted molar refractivity (Wildman–Crippen MR) is 113 cm³/mol. The molecule has 0 saturated carbocycles. The summed E-state index contributed by atoms with van der Waals surface area (Å²) in [7, 11) is 0. The largest absolute Gasteiger partial charge is 0.263 e. The van der Waals surface area contributed by atoms with E-state index in [0.29, 0.717) is 16.3 Å². The number of benzene rings is 3. The zero-order chi connectivity index (χ0) is 19.1. The lowest BCUT2D eigenvalue weighted by Crippen LogP contribution is -1.93. The molecular weight excluding hydrogens is 371 g/mol. The summed E-state index contributed by atoms with van der Waals surface area (Å²) < 4.78 is 14.5. The molecule has 0 amide bonds. The van der Waals surface area contributed by atoms with Crippen molar-refractivity contribution < 1.29 is 4.39 Å². The zero-order valence-electron chi connectivity index (χ0n) is 14.7. The minimum absolute atomic E-state index is 0.353. The summed E-state index contributed by atoms with van der Waals surface area (Å²) in [5.74, 6) is -0.353. The van der Waals surface area contributed by atoms with Crippen LogP contribution in [0.5, 0.6) is 0 Å². The Morgan fingerprint density at radius 1 is 0.714 bits per heavy atom. The number of pyridine rings is 2. The summed E-state index contributed by atoms with van der Waals surface area (Å²) in [6.45, 7) is 0. The third-order valence-electron chi connectivity index (χ3n) is 4.88. The van der Waals surface area contributed by atoms with Gasteiger partial charge in [-0.15, -0.1) is 0 Å². The van der Waals surface area contributed by atoms with Gasteiger partial charge in [0.1, 0.15) is 5.82 Å². The highest BCUT2D eigenvalue weighted by Gasteiger charge is 2.14. The highest BCUT2D eigenvalue weighted by molar-refractivity contribution is 6.30. The molecule has 0 N–H and O–H groups in total. The van der Waals surface area contributed by atoms with Crippen molar-refractivity contribution in [1.82, 2.24) is 9.97 Å². The van der Waals surface area contributed by atoms with Crippen LogP contribution >= 0.6 is 11.6 Å². The second-order valence-corrected chi connectivity index (χ2v) is 7.04. The van der Waals surface area contributed by atoms with E-state index in [0.717, 1.165) is 32.8 Å². The molecule has 134 valence electrons. The summed E-state index contributed by atoms with van der Waals surface area (Å²) in [5, 5.41) is 3.61. The van der Waals surface area contributed by atoms with Gasteiger partial charge in [0.25, 0.3) is 0 Å². The lowest BCUT2D eigenvalue weighted by molar-refractivity contribution is 0.631. The molecule has 5 rings (SSSR count). The molecule has 5 aromatic rings. The second-order valence-electron chi connectivity index (χ2n) is 6.60. The van der Waals surface area contributed by atoms with Crippen LogP contribution in [-0.4, -0.2) is 9.97 Å². The van der Waals surface area contributed by atoms with Crippen LogP contribution < -0.4 is 0 Å². The second kappa shape index (κ2) is 6.70. The van der Waals surface area contributed by atoms with E-state index >= 15 is 0 Å². The van der Waals surface area contributed by atoms with Crippen LogP contribution in [0.15, 0.2) is 85.2 Å². The van der Waals surface area contributed by atoms with Gasteiger partial charge in [0, 0.05) is 39.3 Å². The van der Waals surface area contributed by atoms with Crippen molar-refractivity contribution in [3.8, 4) is 22.4 Å².